The summed E-state index contributed by atoms with van der Waals surface area (Å²) < 4.78 is 0. The van der Waals surface area contributed by atoms with Crippen LogP contribution in [0.5, 0.6) is 0 Å². The fourth-order valence-corrected chi connectivity index (χ4v) is 1.34. The van der Waals surface area contributed by atoms with Gasteiger partial charge in [0.05, 0.1) is 0 Å². The molecule has 0 aliphatic carbocycles. The van der Waals surface area contributed by atoms with E-state index in [9.17, 15) is 0 Å². The van der Waals surface area contributed by atoms with Crippen molar-refractivity contribution in [2.75, 3.05) is 25.5 Å². The molecule has 0 fully saturated rings. The summed E-state index contributed by atoms with van der Waals surface area (Å²) in [7, 11) is 4.14. The molecule has 1 aromatic rings. The fourth-order valence-electron chi connectivity index (χ4n) is 1.34. The predicted octanol–water partition coefficient (Wildman–Crippen LogP) is 2.12. The monoisotopic (exact) mass is 192 g/mol. The Kier molecular flexibility index (Phi) is 4.47. The van der Waals surface area contributed by atoms with Gasteiger partial charge in [-0.1, -0.05) is 18.2 Å². The second kappa shape index (κ2) is 5.66. The summed E-state index contributed by atoms with van der Waals surface area (Å²) in [4.78, 5) is 2.29. The van der Waals surface area contributed by atoms with Crippen LogP contribution in [0.1, 0.15) is 13.3 Å². The summed E-state index contributed by atoms with van der Waals surface area (Å²) in [6, 6.07) is 11.1. The highest BCUT2D eigenvalue weighted by molar-refractivity contribution is 5.44. The zero-order valence-electron chi connectivity index (χ0n) is 9.33. The highest BCUT2D eigenvalue weighted by atomic mass is 15.1. The summed E-state index contributed by atoms with van der Waals surface area (Å²) in [5.74, 6) is 0. The van der Waals surface area contributed by atoms with Gasteiger partial charge in [-0.05, 0) is 32.5 Å². The topological polar surface area (TPSA) is 15.3 Å². The Labute approximate surface area is 86.9 Å². The highest BCUT2D eigenvalue weighted by Gasteiger charge is 2.02. The Morgan fingerprint density at radius 1 is 1.29 bits per heavy atom. The van der Waals surface area contributed by atoms with E-state index in [1.165, 1.54) is 12.1 Å². The maximum Gasteiger partial charge on any atom is 0.0363 e. The van der Waals surface area contributed by atoms with Crippen LogP contribution in [0.3, 0.4) is 0 Å². The Hall–Kier alpha value is -1.02. The molecule has 0 heterocycles. The first-order valence-corrected chi connectivity index (χ1v) is 5.17. The first kappa shape index (κ1) is 11.1. The van der Waals surface area contributed by atoms with Crippen LogP contribution in [0.4, 0.5) is 5.69 Å². The van der Waals surface area contributed by atoms with E-state index in [1.807, 2.05) is 13.1 Å². The molecule has 0 radical (unpaired) electrons. The van der Waals surface area contributed by atoms with Crippen LogP contribution < -0.4 is 10.2 Å². The van der Waals surface area contributed by atoms with Gasteiger partial charge in [-0.15, -0.1) is 0 Å². The van der Waals surface area contributed by atoms with Gasteiger partial charge in [0.15, 0.2) is 0 Å². The minimum atomic E-state index is 0.584. The number of benzene rings is 1. The van der Waals surface area contributed by atoms with Crippen LogP contribution in [-0.4, -0.2) is 26.7 Å². The summed E-state index contributed by atoms with van der Waals surface area (Å²) in [6.07, 6.45) is 1.17. The Morgan fingerprint density at radius 3 is 2.50 bits per heavy atom. The molecule has 2 nitrogen and oxygen atoms in total. The van der Waals surface area contributed by atoms with Gasteiger partial charge in [-0.3, -0.25) is 0 Å². The molecule has 0 spiro atoms. The molecule has 0 bridgehead atoms. The molecule has 2 heteroatoms. The molecule has 14 heavy (non-hydrogen) atoms. The maximum atomic E-state index is 3.25. The molecule has 0 aliphatic heterocycles. The van der Waals surface area contributed by atoms with Gasteiger partial charge in [0, 0.05) is 25.3 Å². The van der Waals surface area contributed by atoms with Crippen molar-refractivity contribution >= 4 is 5.69 Å². The van der Waals surface area contributed by atoms with E-state index >= 15 is 0 Å². The second-order valence-electron chi connectivity index (χ2n) is 3.74. The number of para-hydroxylation sites is 1. The van der Waals surface area contributed by atoms with E-state index < -0.39 is 0 Å². The average Bonchev–Trinajstić information content (AvgIpc) is 2.26. The minimum absolute atomic E-state index is 0.584. The summed E-state index contributed by atoms with van der Waals surface area (Å²) >= 11 is 0. The van der Waals surface area contributed by atoms with Crippen LogP contribution in [-0.2, 0) is 0 Å². The van der Waals surface area contributed by atoms with E-state index in [0.717, 1.165) is 6.54 Å². The van der Waals surface area contributed by atoms with Crippen molar-refractivity contribution in [3.8, 4) is 0 Å². The van der Waals surface area contributed by atoms with Gasteiger partial charge in [0.2, 0.25) is 0 Å². The van der Waals surface area contributed by atoms with Crippen molar-refractivity contribution in [3.63, 3.8) is 0 Å². The van der Waals surface area contributed by atoms with E-state index in [-0.39, 0.29) is 0 Å². The Morgan fingerprint density at radius 2 is 1.93 bits per heavy atom. The Balaban J connectivity index is 2.39. The molecule has 0 aromatic heterocycles. The largest absolute Gasteiger partial charge is 0.375 e. The third-order valence-corrected chi connectivity index (χ3v) is 2.59. The number of nitrogens with zero attached hydrogens (tertiary/aromatic N) is 1. The van der Waals surface area contributed by atoms with Gasteiger partial charge in [-0.25, -0.2) is 0 Å². The number of nitrogens with one attached hydrogen (secondary N) is 1. The van der Waals surface area contributed by atoms with Crippen molar-refractivity contribution in [3.05, 3.63) is 30.3 Å². The molecule has 1 rings (SSSR count). The normalized spacial score (nSPS) is 12.5. The summed E-state index contributed by atoms with van der Waals surface area (Å²) in [5.41, 5.74) is 1.29. The summed E-state index contributed by atoms with van der Waals surface area (Å²) in [6.45, 7) is 3.30. The highest BCUT2D eigenvalue weighted by Crippen LogP contribution is 2.11. The van der Waals surface area contributed by atoms with E-state index in [2.05, 4.69) is 48.5 Å². The lowest BCUT2D eigenvalue weighted by Gasteiger charge is -2.21. The van der Waals surface area contributed by atoms with Crippen molar-refractivity contribution in [1.29, 1.82) is 0 Å². The van der Waals surface area contributed by atoms with Gasteiger partial charge >= 0.3 is 0 Å². The van der Waals surface area contributed by atoms with Crippen molar-refractivity contribution < 1.29 is 0 Å². The quantitative estimate of drug-likeness (QED) is 0.768. The average molecular weight is 192 g/mol. The zero-order chi connectivity index (χ0) is 10.4. The number of hydrogen-bond donors (Lipinski definition) is 1. The van der Waals surface area contributed by atoms with Crippen molar-refractivity contribution in [2.45, 2.75) is 19.4 Å². The molecule has 78 valence electrons. The first-order chi connectivity index (χ1) is 6.74. The lowest BCUT2D eigenvalue weighted by atomic mass is 10.2. The molecule has 1 atom stereocenters. The third-order valence-electron chi connectivity index (χ3n) is 2.59. The molecule has 0 saturated carbocycles. The first-order valence-electron chi connectivity index (χ1n) is 5.17. The SMILES string of the molecule is CNC(C)CCN(C)c1ccccc1. The van der Waals surface area contributed by atoms with Crippen LogP contribution in [0.2, 0.25) is 0 Å². The van der Waals surface area contributed by atoms with Crippen LogP contribution in [0.15, 0.2) is 30.3 Å². The lowest BCUT2D eigenvalue weighted by molar-refractivity contribution is 0.565. The van der Waals surface area contributed by atoms with Gasteiger partial charge < -0.3 is 10.2 Å². The number of anilines is 1. The Bertz CT molecular complexity index is 246. The predicted molar refractivity (Wildman–Crippen MR) is 62.9 cm³/mol. The minimum Gasteiger partial charge on any atom is -0.375 e. The zero-order valence-corrected chi connectivity index (χ0v) is 9.33. The number of hydrogen-bond acceptors (Lipinski definition) is 2. The molecule has 0 amide bonds. The molecule has 0 aliphatic rings. The third kappa shape index (κ3) is 3.38. The fraction of sp³-hybridized carbons (Fsp3) is 0.500. The van der Waals surface area contributed by atoms with Gasteiger partial charge in [-0.2, -0.15) is 0 Å². The van der Waals surface area contributed by atoms with Gasteiger partial charge in [0.1, 0.15) is 0 Å². The standard InChI is InChI=1S/C12H20N2/c1-11(13-2)9-10-14(3)12-7-5-4-6-8-12/h4-8,11,13H,9-10H2,1-3H3. The number of rotatable bonds is 5. The van der Waals surface area contributed by atoms with E-state index in [4.69, 9.17) is 0 Å². The van der Waals surface area contributed by atoms with Crippen LogP contribution >= 0.6 is 0 Å². The van der Waals surface area contributed by atoms with Crippen molar-refractivity contribution in [1.82, 2.24) is 5.32 Å². The van der Waals surface area contributed by atoms with E-state index in [1.54, 1.807) is 0 Å². The molecular formula is C12H20N2. The second-order valence-corrected chi connectivity index (χ2v) is 3.74. The van der Waals surface area contributed by atoms with Gasteiger partial charge in [0.25, 0.3) is 0 Å². The molecule has 1 unspecified atom stereocenters. The molecule has 0 saturated heterocycles. The maximum absolute atomic E-state index is 3.25. The molecular weight excluding hydrogens is 172 g/mol. The summed E-state index contributed by atoms with van der Waals surface area (Å²) in [5, 5.41) is 3.25. The van der Waals surface area contributed by atoms with Crippen molar-refractivity contribution in [2.24, 2.45) is 0 Å². The van der Waals surface area contributed by atoms with E-state index in [0.29, 0.717) is 6.04 Å². The smallest absolute Gasteiger partial charge is 0.0363 e. The lowest BCUT2D eigenvalue weighted by Crippen LogP contribution is -2.28. The molecule has 1 N–H and O–H groups in total. The van der Waals surface area contributed by atoms with Crippen LogP contribution in [0, 0.1) is 0 Å². The van der Waals surface area contributed by atoms with Crippen LogP contribution in [0.25, 0.3) is 0 Å². The molecule has 1 aromatic carbocycles.